The Hall–Kier alpha value is -3.25. The topological polar surface area (TPSA) is 104 Å². The van der Waals surface area contributed by atoms with E-state index in [0.717, 1.165) is 17.0 Å². The fourth-order valence-electron chi connectivity index (χ4n) is 3.56. The van der Waals surface area contributed by atoms with Crippen LogP contribution in [-0.2, 0) is 16.1 Å². The second-order valence-corrected chi connectivity index (χ2v) is 7.22. The van der Waals surface area contributed by atoms with Crippen molar-refractivity contribution in [1.82, 2.24) is 14.4 Å². The van der Waals surface area contributed by atoms with Crippen molar-refractivity contribution < 1.29 is 18.7 Å². The second-order valence-electron chi connectivity index (χ2n) is 7.22. The van der Waals surface area contributed by atoms with Crippen molar-refractivity contribution in [2.75, 3.05) is 44.6 Å². The fourth-order valence-corrected chi connectivity index (χ4v) is 3.56. The number of piperazine rings is 1. The van der Waals surface area contributed by atoms with Crippen molar-refractivity contribution >= 4 is 17.8 Å². The molecule has 0 aliphatic carbocycles. The number of nitriles is 1. The number of anilines is 1. The minimum Gasteiger partial charge on any atom is -0.467 e. The van der Waals surface area contributed by atoms with Crippen LogP contribution < -0.4 is 5.32 Å². The first-order chi connectivity index (χ1) is 14.4. The molecule has 2 amide bonds. The smallest absolute Gasteiger partial charge is 0.409 e. The van der Waals surface area contributed by atoms with Gasteiger partial charge in [0.2, 0.25) is 5.91 Å². The average Bonchev–Trinajstić information content (AvgIpc) is 3.32. The Bertz CT molecular complexity index is 934. The molecule has 160 valence electrons. The van der Waals surface area contributed by atoms with Crippen LogP contribution in [0.3, 0.4) is 0 Å². The van der Waals surface area contributed by atoms with Crippen LogP contribution in [0.4, 0.5) is 10.6 Å². The number of amides is 2. The van der Waals surface area contributed by atoms with Crippen molar-refractivity contribution in [2.45, 2.75) is 27.3 Å². The van der Waals surface area contributed by atoms with E-state index in [9.17, 15) is 14.9 Å². The van der Waals surface area contributed by atoms with E-state index in [-0.39, 0.29) is 18.5 Å². The van der Waals surface area contributed by atoms with Gasteiger partial charge in [-0.25, -0.2) is 4.79 Å². The molecule has 0 spiro atoms. The summed E-state index contributed by atoms with van der Waals surface area (Å²) in [7, 11) is 0. The molecule has 1 aliphatic rings. The van der Waals surface area contributed by atoms with Crippen molar-refractivity contribution in [3.63, 3.8) is 0 Å². The highest BCUT2D eigenvalue weighted by Gasteiger charge is 2.25. The second kappa shape index (κ2) is 9.50. The van der Waals surface area contributed by atoms with Gasteiger partial charge in [-0.2, -0.15) is 5.26 Å². The van der Waals surface area contributed by atoms with Gasteiger partial charge in [0.15, 0.2) is 0 Å². The monoisotopic (exact) mass is 413 g/mol. The first-order valence-corrected chi connectivity index (χ1v) is 10.0. The number of carbonyl (C=O) groups is 2. The summed E-state index contributed by atoms with van der Waals surface area (Å²) in [6, 6.07) is 5.87. The standard InChI is InChI=1S/C21H27N5O4/c1-4-29-21(28)25-9-7-24(8-10-25)14-19(27)23-20-18(12-22)15(2)16(3)26(20)13-17-6-5-11-30-17/h5-6,11H,4,7-10,13-14H2,1-3H3,(H,23,27). The lowest BCUT2D eigenvalue weighted by molar-refractivity contribution is -0.117. The zero-order valence-electron chi connectivity index (χ0n) is 17.6. The van der Waals surface area contributed by atoms with E-state index in [1.54, 1.807) is 24.2 Å². The third-order valence-corrected chi connectivity index (χ3v) is 5.36. The fraction of sp³-hybridized carbons (Fsp3) is 0.476. The minimum atomic E-state index is -0.318. The molecular weight excluding hydrogens is 386 g/mol. The number of aromatic nitrogens is 1. The molecule has 1 N–H and O–H groups in total. The van der Waals surface area contributed by atoms with Crippen LogP contribution in [0, 0.1) is 25.2 Å². The maximum Gasteiger partial charge on any atom is 0.409 e. The Morgan fingerprint density at radius 2 is 2.00 bits per heavy atom. The molecule has 0 radical (unpaired) electrons. The average molecular weight is 413 g/mol. The molecule has 0 bridgehead atoms. The van der Waals surface area contributed by atoms with Gasteiger partial charge in [-0.3, -0.25) is 9.69 Å². The van der Waals surface area contributed by atoms with Crippen LogP contribution in [0.2, 0.25) is 0 Å². The number of hydrogen-bond donors (Lipinski definition) is 1. The number of ether oxygens (including phenoxy) is 1. The molecule has 9 nitrogen and oxygen atoms in total. The molecule has 30 heavy (non-hydrogen) atoms. The molecule has 3 rings (SSSR count). The summed E-state index contributed by atoms with van der Waals surface area (Å²) in [5.41, 5.74) is 2.20. The normalized spacial score (nSPS) is 14.4. The predicted octanol–water partition coefficient (Wildman–Crippen LogP) is 2.33. The maximum absolute atomic E-state index is 12.7. The van der Waals surface area contributed by atoms with Crippen LogP contribution in [0.5, 0.6) is 0 Å². The summed E-state index contributed by atoms with van der Waals surface area (Å²) in [5, 5.41) is 12.5. The highest BCUT2D eigenvalue weighted by Crippen LogP contribution is 2.27. The third-order valence-electron chi connectivity index (χ3n) is 5.36. The molecule has 1 saturated heterocycles. The summed E-state index contributed by atoms with van der Waals surface area (Å²) in [5.74, 6) is 1.02. The molecule has 3 heterocycles. The van der Waals surface area contributed by atoms with Gasteiger partial charge < -0.3 is 23.9 Å². The summed E-state index contributed by atoms with van der Waals surface area (Å²) in [6.07, 6.45) is 1.28. The number of rotatable bonds is 6. The molecule has 2 aromatic rings. The number of hydrogen-bond acceptors (Lipinski definition) is 6. The van der Waals surface area contributed by atoms with Crippen molar-refractivity contribution in [2.24, 2.45) is 0 Å². The van der Waals surface area contributed by atoms with Crippen molar-refractivity contribution in [3.05, 3.63) is 41.0 Å². The molecule has 0 saturated carbocycles. The van der Waals surface area contributed by atoms with E-state index in [2.05, 4.69) is 11.4 Å². The minimum absolute atomic E-state index is 0.186. The van der Waals surface area contributed by atoms with Gasteiger partial charge in [0.1, 0.15) is 17.6 Å². The van der Waals surface area contributed by atoms with Gasteiger partial charge >= 0.3 is 6.09 Å². The molecule has 0 unspecified atom stereocenters. The molecule has 1 aliphatic heterocycles. The van der Waals surface area contributed by atoms with Crippen molar-refractivity contribution in [1.29, 1.82) is 5.26 Å². The van der Waals surface area contributed by atoms with Gasteiger partial charge in [0.05, 0.1) is 31.5 Å². The summed E-state index contributed by atoms with van der Waals surface area (Å²) >= 11 is 0. The number of nitrogens with zero attached hydrogens (tertiary/aromatic N) is 4. The number of furan rings is 1. The zero-order valence-corrected chi connectivity index (χ0v) is 17.6. The summed E-state index contributed by atoms with van der Waals surface area (Å²) in [6.45, 7) is 8.73. The van der Waals surface area contributed by atoms with Crippen LogP contribution in [0.25, 0.3) is 0 Å². The van der Waals surface area contributed by atoms with Crippen LogP contribution in [-0.4, -0.2) is 65.7 Å². The van der Waals surface area contributed by atoms with E-state index >= 15 is 0 Å². The molecular formula is C21H27N5O4. The van der Waals surface area contributed by atoms with Gasteiger partial charge in [0, 0.05) is 31.9 Å². The molecule has 1 fully saturated rings. The van der Waals surface area contributed by atoms with Gasteiger partial charge in [0.25, 0.3) is 0 Å². The van der Waals surface area contributed by atoms with E-state index in [1.807, 2.05) is 29.4 Å². The van der Waals surface area contributed by atoms with Crippen LogP contribution in [0.15, 0.2) is 22.8 Å². The Balaban J connectivity index is 1.66. The van der Waals surface area contributed by atoms with Crippen LogP contribution >= 0.6 is 0 Å². The molecule has 0 atom stereocenters. The largest absolute Gasteiger partial charge is 0.467 e. The Morgan fingerprint density at radius 3 is 2.60 bits per heavy atom. The third kappa shape index (κ3) is 4.66. The molecule has 0 aromatic carbocycles. The van der Waals surface area contributed by atoms with E-state index < -0.39 is 0 Å². The first kappa shape index (κ1) is 21.5. The molecule has 9 heteroatoms. The lowest BCUT2D eigenvalue weighted by atomic mass is 10.2. The SMILES string of the molecule is CCOC(=O)N1CCN(CC(=O)Nc2c(C#N)c(C)c(C)n2Cc2ccco2)CC1. The van der Waals surface area contributed by atoms with Gasteiger partial charge in [-0.05, 0) is 38.5 Å². The van der Waals surface area contributed by atoms with Gasteiger partial charge in [-0.15, -0.1) is 0 Å². The highest BCUT2D eigenvalue weighted by molar-refractivity contribution is 5.93. The Morgan fingerprint density at radius 1 is 1.27 bits per heavy atom. The van der Waals surface area contributed by atoms with E-state index in [1.165, 1.54) is 0 Å². The van der Waals surface area contributed by atoms with E-state index in [4.69, 9.17) is 9.15 Å². The van der Waals surface area contributed by atoms with E-state index in [0.29, 0.717) is 50.7 Å². The summed E-state index contributed by atoms with van der Waals surface area (Å²) < 4.78 is 12.3. The number of nitrogens with one attached hydrogen (secondary N) is 1. The maximum atomic E-state index is 12.7. The lowest BCUT2D eigenvalue weighted by Gasteiger charge is -2.33. The molecule has 2 aromatic heterocycles. The first-order valence-electron chi connectivity index (χ1n) is 10.0. The quantitative estimate of drug-likeness (QED) is 0.780. The van der Waals surface area contributed by atoms with Gasteiger partial charge in [-0.1, -0.05) is 0 Å². The van der Waals surface area contributed by atoms with Crippen molar-refractivity contribution in [3.8, 4) is 6.07 Å². The summed E-state index contributed by atoms with van der Waals surface area (Å²) in [4.78, 5) is 28.2. The van der Waals surface area contributed by atoms with Crippen LogP contribution in [0.1, 0.15) is 29.5 Å². The number of carbonyl (C=O) groups excluding carboxylic acids is 2. The Kier molecular flexibility index (Phi) is 6.79. The Labute approximate surface area is 175 Å². The predicted molar refractivity (Wildman–Crippen MR) is 110 cm³/mol. The lowest BCUT2D eigenvalue weighted by Crippen LogP contribution is -2.50. The zero-order chi connectivity index (χ0) is 21.7. The highest BCUT2D eigenvalue weighted by atomic mass is 16.6.